The molecule has 0 saturated carbocycles. The predicted molar refractivity (Wildman–Crippen MR) is 86.9 cm³/mol. The van der Waals surface area contributed by atoms with Crippen LogP contribution in [0.4, 0.5) is 8.78 Å². The Hall–Kier alpha value is -1.83. The molecule has 0 aliphatic carbocycles. The van der Waals surface area contributed by atoms with E-state index >= 15 is 0 Å². The molecule has 1 heterocycles. The van der Waals surface area contributed by atoms with Crippen molar-refractivity contribution in [1.29, 1.82) is 0 Å². The van der Waals surface area contributed by atoms with E-state index in [4.69, 9.17) is 0 Å². The summed E-state index contributed by atoms with van der Waals surface area (Å²) in [6.07, 6.45) is 0. The number of halogens is 2. The lowest BCUT2D eigenvalue weighted by Crippen LogP contribution is -2.49. The number of piperazine rings is 1. The van der Waals surface area contributed by atoms with Crippen molar-refractivity contribution in [2.24, 2.45) is 0 Å². The van der Waals surface area contributed by atoms with Gasteiger partial charge in [0, 0.05) is 25.2 Å². The number of likely N-dealkylation sites (N-methyl/N-ethyl adjacent to an activating group) is 1. The molecule has 0 N–H and O–H groups in total. The highest BCUT2D eigenvalue weighted by Crippen LogP contribution is 2.29. The molecule has 0 amide bonds. The zero-order valence-electron chi connectivity index (χ0n) is 13.2. The normalized spacial score (nSPS) is 20.2. The molecule has 1 unspecified atom stereocenters. The highest BCUT2D eigenvalue weighted by atomic mass is 32.2. The van der Waals surface area contributed by atoms with E-state index in [0.29, 0.717) is 18.7 Å². The van der Waals surface area contributed by atoms with Crippen molar-refractivity contribution in [3.05, 3.63) is 65.7 Å². The summed E-state index contributed by atoms with van der Waals surface area (Å²) in [4.78, 5) is 1.98. The van der Waals surface area contributed by atoms with Crippen LogP contribution in [-0.4, -0.2) is 44.3 Å². The van der Waals surface area contributed by atoms with Crippen LogP contribution in [0.25, 0.3) is 0 Å². The Morgan fingerprint density at radius 3 is 2.33 bits per heavy atom. The second-order valence-electron chi connectivity index (χ2n) is 5.83. The maximum Gasteiger partial charge on any atom is 0.243 e. The first-order valence-electron chi connectivity index (χ1n) is 7.60. The van der Waals surface area contributed by atoms with Gasteiger partial charge in [0.05, 0.1) is 10.9 Å². The smallest absolute Gasteiger partial charge is 0.243 e. The molecule has 0 radical (unpaired) electrons. The fourth-order valence-corrected chi connectivity index (χ4v) is 4.34. The van der Waals surface area contributed by atoms with Crippen LogP contribution >= 0.6 is 0 Å². The van der Waals surface area contributed by atoms with E-state index < -0.39 is 15.8 Å². The van der Waals surface area contributed by atoms with Crippen LogP contribution in [0.1, 0.15) is 11.6 Å². The second kappa shape index (κ2) is 6.58. The molecule has 1 aliphatic heterocycles. The van der Waals surface area contributed by atoms with Crippen LogP contribution in [-0.2, 0) is 10.0 Å². The lowest BCUT2D eigenvalue weighted by Gasteiger charge is -2.39. The third-order valence-electron chi connectivity index (χ3n) is 4.33. The molecule has 0 spiro atoms. The van der Waals surface area contributed by atoms with Gasteiger partial charge in [0.2, 0.25) is 10.0 Å². The molecule has 0 aromatic heterocycles. The maximum absolute atomic E-state index is 14.1. The average Bonchev–Trinajstić information content (AvgIpc) is 2.56. The lowest BCUT2D eigenvalue weighted by molar-refractivity contribution is 0.145. The zero-order valence-corrected chi connectivity index (χ0v) is 14.0. The molecule has 128 valence electrons. The minimum absolute atomic E-state index is 0.0423. The fourth-order valence-electron chi connectivity index (χ4n) is 2.90. The number of rotatable bonds is 3. The SMILES string of the molecule is CN1CCN(S(=O)(=O)c2ccc(F)cc2)CC1c1ccccc1F. The molecular weight excluding hydrogens is 334 g/mol. The van der Waals surface area contributed by atoms with Crippen LogP contribution in [0.3, 0.4) is 0 Å². The molecule has 3 rings (SSSR count). The Kier molecular flexibility index (Phi) is 4.67. The first kappa shape index (κ1) is 17.0. The van der Waals surface area contributed by atoms with Gasteiger partial charge in [-0.1, -0.05) is 18.2 Å². The van der Waals surface area contributed by atoms with Crippen molar-refractivity contribution < 1.29 is 17.2 Å². The van der Waals surface area contributed by atoms with Crippen molar-refractivity contribution in [3.8, 4) is 0 Å². The Morgan fingerprint density at radius 1 is 1.00 bits per heavy atom. The van der Waals surface area contributed by atoms with Gasteiger partial charge in [-0.25, -0.2) is 17.2 Å². The molecule has 7 heteroatoms. The molecule has 24 heavy (non-hydrogen) atoms. The predicted octanol–water partition coefficient (Wildman–Crippen LogP) is 2.64. The molecule has 4 nitrogen and oxygen atoms in total. The van der Waals surface area contributed by atoms with Crippen molar-refractivity contribution >= 4 is 10.0 Å². The van der Waals surface area contributed by atoms with Crippen LogP contribution in [0, 0.1) is 11.6 Å². The third-order valence-corrected chi connectivity index (χ3v) is 6.21. The van der Waals surface area contributed by atoms with E-state index in [0.717, 1.165) is 12.1 Å². The van der Waals surface area contributed by atoms with Gasteiger partial charge in [0.15, 0.2) is 0 Å². The molecular formula is C17H18F2N2O2S. The van der Waals surface area contributed by atoms with Crippen molar-refractivity contribution in [3.63, 3.8) is 0 Å². The summed E-state index contributed by atoms with van der Waals surface area (Å²) in [5.41, 5.74) is 0.471. The van der Waals surface area contributed by atoms with Crippen LogP contribution in [0.5, 0.6) is 0 Å². The van der Waals surface area contributed by atoms with E-state index in [-0.39, 0.29) is 23.3 Å². The van der Waals surface area contributed by atoms with Gasteiger partial charge in [0.1, 0.15) is 11.6 Å². The molecule has 1 fully saturated rings. The van der Waals surface area contributed by atoms with Gasteiger partial charge in [-0.15, -0.1) is 0 Å². The number of nitrogens with zero attached hydrogens (tertiary/aromatic N) is 2. The summed E-state index contributed by atoms with van der Waals surface area (Å²) in [5.74, 6) is -0.841. The summed E-state index contributed by atoms with van der Waals surface area (Å²) in [6, 6.07) is 10.8. The second-order valence-corrected chi connectivity index (χ2v) is 7.77. The number of benzene rings is 2. The minimum atomic E-state index is -3.74. The molecule has 2 aromatic carbocycles. The summed E-state index contributed by atoms with van der Waals surface area (Å²) >= 11 is 0. The first-order chi connectivity index (χ1) is 11.4. The van der Waals surface area contributed by atoms with Gasteiger partial charge in [-0.05, 0) is 37.4 Å². The van der Waals surface area contributed by atoms with E-state index in [1.165, 1.54) is 22.5 Å². The number of hydrogen-bond acceptors (Lipinski definition) is 3. The Labute approximate surface area is 140 Å². The van der Waals surface area contributed by atoms with Crippen molar-refractivity contribution in [1.82, 2.24) is 9.21 Å². The van der Waals surface area contributed by atoms with Crippen molar-refractivity contribution in [2.75, 3.05) is 26.7 Å². The Balaban J connectivity index is 1.90. The highest BCUT2D eigenvalue weighted by molar-refractivity contribution is 7.89. The maximum atomic E-state index is 14.1. The summed E-state index contributed by atoms with van der Waals surface area (Å²) in [7, 11) is -1.89. The molecule has 0 bridgehead atoms. The van der Waals surface area contributed by atoms with Gasteiger partial charge >= 0.3 is 0 Å². The molecule has 2 aromatic rings. The number of sulfonamides is 1. The lowest BCUT2D eigenvalue weighted by atomic mass is 10.0. The van der Waals surface area contributed by atoms with Gasteiger partial charge in [0.25, 0.3) is 0 Å². The fraction of sp³-hybridized carbons (Fsp3) is 0.294. The largest absolute Gasteiger partial charge is 0.297 e. The van der Waals surface area contributed by atoms with Gasteiger partial charge in [-0.2, -0.15) is 4.31 Å². The number of hydrogen-bond donors (Lipinski definition) is 0. The molecule has 1 atom stereocenters. The minimum Gasteiger partial charge on any atom is -0.297 e. The standard InChI is InChI=1S/C17H18F2N2O2S/c1-20-10-11-21(12-17(20)15-4-2-3-5-16(15)19)24(22,23)14-8-6-13(18)7-9-14/h2-9,17H,10-12H2,1H3. The summed E-state index contributed by atoms with van der Waals surface area (Å²) in [5, 5.41) is 0. The Morgan fingerprint density at radius 2 is 1.67 bits per heavy atom. The van der Waals surface area contributed by atoms with E-state index in [1.54, 1.807) is 18.2 Å². The quantitative estimate of drug-likeness (QED) is 0.853. The molecule has 1 aliphatic rings. The average molecular weight is 352 g/mol. The zero-order chi connectivity index (χ0) is 17.3. The van der Waals surface area contributed by atoms with Crippen molar-refractivity contribution in [2.45, 2.75) is 10.9 Å². The van der Waals surface area contributed by atoms with Gasteiger partial charge in [-0.3, -0.25) is 4.90 Å². The highest BCUT2D eigenvalue weighted by Gasteiger charge is 2.34. The third kappa shape index (κ3) is 3.19. The van der Waals surface area contributed by atoms with Crippen LogP contribution < -0.4 is 0 Å². The summed E-state index contributed by atoms with van der Waals surface area (Å²) in [6.45, 7) is 0.942. The first-order valence-corrected chi connectivity index (χ1v) is 9.04. The topological polar surface area (TPSA) is 40.6 Å². The van der Waals surface area contributed by atoms with E-state index in [9.17, 15) is 17.2 Å². The summed E-state index contributed by atoms with van der Waals surface area (Å²) < 4.78 is 54.0. The van der Waals surface area contributed by atoms with E-state index in [2.05, 4.69) is 0 Å². The monoisotopic (exact) mass is 352 g/mol. The Bertz CT molecular complexity index is 825. The van der Waals surface area contributed by atoms with E-state index in [1.807, 2.05) is 11.9 Å². The van der Waals surface area contributed by atoms with Crippen LogP contribution in [0.15, 0.2) is 53.4 Å². The van der Waals surface area contributed by atoms with Gasteiger partial charge < -0.3 is 0 Å². The molecule has 1 saturated heterocycles. The van der Waals surface area contributed by atoms with Crippen LogP contribution in [0.2, 0.25) is 0 Å².